The molecule has 1 aliphatic rings. The average Bonchev–Trinajstić information content (AvgIpc) is 3.35. The Kier molecular flexibility index (Phi) is 9.16. The lowest BCUT2D eigenvalue weighted by Crippen LogP contribution is -2.17. The van der Waals surface area contributed by atoms with Crippen LogP contribution in [0.15, 0.2) is 55.0 Å². The van der Waals surface area contributed by atoms with Gasteiger partial charge in [0.15, 0.2) is 0 Å². The molecule has 3 heterocycles. The molecule has 7 nitrogen and oxygen atoms in total. The Bertz CT molecular complexity index is 1380. The summed E-state index contributed by atoms with van der Waals surface area (Å²) >= 11 is 11.9. The van der Waals surface area contributed by atoms with E-state index in [2.05, 4.69) is 37.7 Å². The molecule has 0 aliphatic carbocycles. The van der Waals surface area contributed by atoms with E-state index in [4.69, 9.17) is 39.9 Å². The summed E-state index contributed by atoms with van der Waals surface area (Å²) in [5.41, 5.74) is 17.2. The fourth-order valence-corrected chi connectivity index (χ4v) is 4.60. The van der Waals surface area contributed by atoms with Crippen molar-refractivity contribution in [1.82, 2.24) is 19.5 Å². The Labute approximate surface area is 226 Å². The van der Waals surface area contributed by atoms with Crippen LogP contribution >= 0.6 is 35.6 Å². The molecule has 36 heavy (non-hydrogen) atoms. The van der Waals surface area contributed by atoms with Crippen LogP contribution in [-0.2, 0) is 12.8 Å². The number of nitriles is 1. The molecule has 0 fully saturated rings. The van der Waals surface area contributed by atoms with Crippen LogP contribution in [-0.4, -0.2) is 19.5 Å². The predicted octanol–water partition coefficient (Wildman–Crippen LogP) is 6.28. The number of halogens is 3. The maximum atomic E-state index is 8.80. The van der Waals surface area contributed by atoms with E-state index >= 15 is 0 Å². The van der Waals surface area contributed by atoms with Gasteiger partial charge in [0.1, 0.15) is 5.82 Å². The van der Waals surface area contributed by atoms with Crippen LogP contribution in [0.3, 0.4) is 0 Å². The van der Waals surface area contributed by atoms with E-state index in [-0.39, 0.29) is 18.4 Å². The lowest BCUT2D eigenvalue weighted by atomic mass is 9.96. The van der Waals surface area contributed by atoms with Crippen LogP contribution in [0.4, 0.5) is 11.8 Å². The van der Waals surface area contributed by atoms with Crippen molar-refractivity contribution in [2.75, 3.05) is 11.5 Å². The van der Waals surface area contributed by atoms with Crippen molar-refractivity contribution in [2.45, 2.75) is 38.6 Å². The third kappa shape index (κ3) is 5.90. The van der Waals surface area contributed by atoms with Crippen molar-refractivity contribution < 1.29 is 0 Å². The summed E-state index contributed by atoms with van der Waals surface area (Å²) in [6, 6.07) is 15.7. The van der Waals surface area contributed by atoms with Gasteiger partial charge in [-0.1, -0.05) is 48.3 Å². The molecule has 0 saturated carbocycles. The number of rotatable bonds is 3. The Balaban J connectivity index is 0.000000195. The van der Waals surface area contributed by atoms with Gasteiger partial charge in [-0.15, -0.1) is 12.4 Å². The molecule has 0 saturated heterocycles. The SMILES string of the molecule is CCc1nc(N)nc(N)c1-c1ccc(Cl)c(Cl)c1.Cl.N#Cc1ccc(C2CCCc3cncn32)cc1. The number of aryl methyl sites for hydroxylation is 2. The normalized spacial score (nSPS) is 14.0. The molecule has 4 N–H and O–H groups in total. The van der Waals surface area contributed by atoms with Crippen molar-refractivity contribution >= 4 is 47.4 Å². The first kappa shape index (κ1) is 27.3. The van der Waals surface area contributed by atoms with Gasteiger partial charge in [0.05, 0.1) is 39.7 Å². The topological polar surface area (TPSA) is 119 Å². The monoisotopic (exact) mass is 541 g/mol. The minimum Gasteiger partial charge on any atom is -0.383 e. The average molecular weight is 543 g/mol. The summed E-state index contributed by atoms with van der Waals surface area (Å²) < 4.78 is 2.25. The molecule has 0 spiro atoms. The lowest BCUT2D eigenvalue weighted by molar-refractivity contribution is 0.458. The Morgan fingerprint density at radius 2 is 1.83 bits per heavy atom. The zero-order valence-electron chi connectivity index (χ0n) is 19.7. The van der Waals surface area contributed by atoms with Crippen molar-refractivity contribution in [3.8, 4) is 17.2 Å². The van der Waals surface area contributed by atoms with Crippen LogP contribution < -0.4 is 11.5 Å². The summed E-state index contributed by atoms with van der Waals surface area (Å²) in [6.07, 6.45) is 8.04. The first-order valence-corrected chi connectivity index (χ1v) is 12.0. The van der Waals surface area contributed by atoms with Crippen molar-refractivity contribution in [3.63, 3.8) is 0 Å². The summed E-state index contributed by atoms with van der Waals surface area (Å²) in [5.74, 6) is 0.519. The Morgan fingerprint density at radius 3 is 2.50 bits per heavy atom. The first-order chi connectivity index (χ1) is 16.9. The molecule has 0 bridgehead atoms. The number of hydrogen-bond acceptors (Lipinski definition) is 6. The number of benzene rings is 2. The van der Waals surface area contributed by atoms with E-state index in [1.165, 1.54) is 17.7 Å². The number of aromatic nitrogens is 4. The minimum absolute atomic E-state index is 0. The Hall–Kier alpha value is -3.31. The van der Waals surface area contributed by atoms with Gasteiger partial charge in [-0.05, 0) is 61.1 Å². The van der Waals surface area contributed by atoms with E-state index in [9.17, 15) is 0 Å². The van der Waals surface area contributed by atoms with Crippen LogP contribution in [0, 0.1) is 11.3 Å². The number of imidazole rings is 1. The fraction of sp³-hybridized carbons (Fsp3) is 0.231. The number of fused-ring (bicyclic) bond motifs is 1. The van der Waals surface area contributed by atoms with E-state index < -0.39 is 0 Å². The fourth-order valence-electron chi connectivity index (χ4n) is 4.30. The molecule has 0 radical (unpaired) electrons. The molecule has 186 valence electrons. The molecular weight excluding hydrogens is 517 g/mol. The molecular formula is C26H26Cl3N7. The molecule has 1 atom stereocenters. The molecule has 2 aromatic carbocycles. The summed E-state index contributed by atoms with van der Waals surface area (Å²) in [4.78, 5) is 12.4. The second-order valence-corrected chi connectivity index (χ2v) is 9.02. The Morgan fingerprint density at radius 1 is 1.08 bits per heavy atom. The quantitative estimate of drug-likeness (QED) is 0.314. The van der Waals surface area contributed by atoms with E-state index in [0.29, 0.717) is 28.3 Å². The van der Waals surface area contributed by atoms with Gasteiger partial charge in [-0.3, -0.25) is 0 Å². The highest BCUT2D eigenvalue weighted by atomic mass is 35.5. The number of anilines is 2. The van der Waals surface area contributed by atoms with E-state index in [1.54, 1.807) is 12.1 Å². The molecule has 5 rings (SSSR count). The summed E-state index contributed by atoms with van der Waals surface area (Å²) in [7, 11) is 0. The lowest BCUT2D eigenvalue weighted by Gasteiger charge is -2.25. The highest BCUT2D eigenvalue weighted by Gasteiger charge is 2.20. The predicted molar refractivity (Wildman–Crippen MR) is 147 cm³/mol. The van der Waals surface area contributed by atoms with Crippen molar-refractivity contribution in [2.24, 2.45) is 0 Å². The minimum atomic E-state index is 0. The molecule has 2 aromatic heterocycles. The smallest absolute Gasteiger partial charge is 0.222 e. The van der Waals surface area contributed by atoms with E-state index in [0.717, 1.165) is 35.2 Å². The summed E-state index contributed by atoms with van der Waals surface area (Å²) in [6.45, 7) is 1.97. The molecule has 1 unspecified atom stereocenters. The maximum Gasteiger partial charge on any atom is 0.222 e. The highest BCUT2D eigenvalue weighted by Crippen LogP contribution is 2.33. The van der Waals surface area contributed by atoms with Crippen LogP contribution in [0.1, 0.15) is 48.3 Å². The van der Waals surface area contributed by atoms with Crippen molar-refractivity contribution in [3.05, 3.63) is 87.5 Å². The summed E-state index contributed by atoms with van der Waals surface area (Å²) in [5, 5.41) is 9.76. The van der Waals surface area contributed by atoms with Gasteiger partial charge in [-0.2, -0.15) is 10.2 Å². The van der Waals surface area contributed by atoms with Gasteiger partial charge < -0.3 is 16.0 Å². The highest BCUT2D eigenvalue weighted by molar-refractivity contribution is 6.42. The number of nitrogen functional groups attached to an aromatic ring is 2. The standard InChI is InChI=1S/C14H13N3.C12H12Cl2N4.ClH/c15-8-11-4-6-12(7-5-11)14-3-1-2-13-9-16-10-17(13)14;1-2-9-10(11(15)18-12(16)17-9)6-3-4-7(13)8(14)5-6;/h4-7,9-10,14H,1-3H2;3-5H,2H2,1H3,(H4,15,16,17,18);1H. The van der Waals surface area contributed by atoms with E-state index in [1.807, 2.05) is 37.6 Å². The van der Waals surface area contributed by atoms with Crippen LogP contribution in [0.25, 0.3) is 11.1 Å². The molecule has 0 amide bonds. The largest absolute Gasteiger partial charge is 0.383 e. The molecule has 1 aliphatic heterocycles. The first-order valence-electron chi connectivity index (χ1n) is 11.3. The van der Waals surface area contributed by atoms with Gasteiger partial charge in [0.25, 0.3) is 0 Å². The zero-order valence-corrected chi connectivity index (χ0v) is 22.0. The number of nitrogens with zero attached hydrogens (tertiary/aromatic N) is 5. The maximum absolute atomic E-state index is 8.80. The number of hydrogen-bond donors (Lipinski definition) is 2. The van der Waals surface area contributed by atoms with Gasteiger partial charge in [0, 0.05) is 17.5 Å². The third-order valence-electron chi connectivity index (χ3n) is 5.99. The third-order valence-corrected chi connectivity index (χ3v) is 6.73. The van der Waals surface area contributed by atoms with Crippen LogP contribution in [0.5, 0.6) is 0 Å². The second kappa shape index (κ2) is 12.1. The zero-order chi connectivity index (χ0) is 24.9. The van der Waals surface area contributed by atoms with Gasteiger partial charge in [-0.25, -0.2) is 9.97 Å². The molecule has 4 aromatic rings. The van der Waals surface area contributed by atoms with Gasteiger partial charge >= 0.3 is 0 Å². The van der Waals surface area contributed by atoms with Gasteiger partial charge in [0.2, 0.25) is 5.95 Å². The van der Waals surface area contributed by atoms with Crippen LogP contribution in [0.2, 0.25) is 10.0 Å². The van der Waals surface area contributed by atoms with Crippen molar-refractivity contribution in [1.29, 1.82) is 5.26 Å². The number of nitrogens with two attached hydrogens (primary N) is 2. The second-order valence-electron chi connectivity index (χ2n) is 8.21. The molecule has 10 heteroatoms.